The SMILES string of the molecule is CSc1nc(N2C[C@H]3CC[C@@H](C2)N3C(=O)OC(C)(C)C)c2c(F)c(Cl)c(Br)c(F)c2n1. The molecule has 11 heteroatoms. The van der Waals surface area contributed by atoms with E-state index < -0.39 is 17.2 Å². The van der Waals surface area contributed by atoms with Crippen LogP contribution in [0.1, 0.15) is 33.6 Å². The zero-order valence-corrected chi connectivity index (χ0v) is 20.7. The number of thioether (sulfide) groups is 1. The maximum atomic E-state index is 15.2. The first kappa shape index (κ1) is 22.8. The first-order chi connectivity index (χ1) is 14.5. The number of anilines is 1. The standard InChI is InChI=1S/C20H22BrClF2N4O2S/c1-20(2,3)30-19(29)28-9-5-6-10(28)8-27(7-9)17-11-14(23)13(22)12(21)15(24)16(11)25-18(26-17)31-4/h9-10H,5-8H2,1-4H3/t9-,10+. The van der Waals surface area contributed by atoms with Crippen LogP contribution in [0, 0.1) is 11.6 Å². The summed E-state index contributed by atoms with van der Waals surface area (Å²) in [5.41, 5.74) is -0.709. The van der Waals surface area contributed by atoms with Gasteiger partial charge in [0.25, 0.3) is 0 Å². The molecule has 2 aliphatic heterocycles. The minimum absolute atomic E-state index is 0.0476. The van der Waals surface area contributed by atoms with E-state index in [-0.39, 0.29) is 38.6 Å². The molecule has 0 saturated carbocycles. The molecular formula is C20H22BrClF2N4O2S. The molecule has 2 atom stereocenters. The Balaban J connectivity index is 1.75. The molecule has 2 bridgehead atoms. The second kappa shape index (κ2) is 8.19. The van der Waals surface area contributed by atoms with Crippen molar-refractivity contribution in [2.75, 3.05) is 24.2 Å². The average Bonchev–Trinajstić information content (AvgIpc) is 2.98. The molecule has 0 spiro atoms. The predicted molar refractivity (Wildman–Crippen MR) is 121 cm³/mol. The Morgan fingerprint density at radius 2 is 1.81 bits per heavy atom. The molecule has 2 fully saturated rings. The number of piperazine rings is 1. The van der Waals surface area contributed by atoms with Crippen molar-refractivity contribution in [2.45, 2.75) is 56.5 Å². The Kier molecular flexibility index (Phi) is 6.02. The fourth-order valence-corrected chi connectivity index (χ4v) is 5.10. The summed E-state index contributed by atoms with van der Waals surface area (Å²) in [4.78, 5) is 25.1. The van der Waals surface area contributed by atoms with Crippen LogP contribution in [0.15, 0.2) is 9.63 Å². The number of hydrogen-bond donors (Lipinski definition) is 0. The van der Waals surface area contributed by atoms with Crippen LogP contribution in [-0.4, -0.2) is 58.0 Å². The van der Waals surface area contributed by atoms with E-state index in [1.807, 2.05) is 25.7 Å². The first-order valence-electron chi connectivity index (χ1n) is 9.85. The molecule has 0 aliphatic carbocycles. The van der Waals surface area contributed by atoms with Gasteiger partial charge < -0.3 is 9.64 Å². The highest BCUT2D eigenvalue weighted by atomic mass is 79.9. The summed E-state index contributed by atoms with van der Waals surface area (Å²) in [5, 5.41) is -0.0623. The lowest BCUT2D eigenvalue weighted by molar-refractivity contribution is 0.0123. The van der Waals surface area contributed by atoms with Crippen molar-refractivity contribution >= 4 is 62.1 Å². The van der Waals surface area contributed by atoms with Gasteiger partial charge in [0, 0.05) is 13.1 Å². The molecule has 2 aromatic rings. The number of fused-ring (bicyclic) bond motifs is 3. The van der Waals surface area contributed by atoms with Crippen molar-refractivity contribution in [3.8, 4) is 0 Å². The molecule has 1 aromatic heterocycles. The zero-order valence-electron chi connectivity index (χ0n) is 17.5. The fourth-order valence-electron chi connectivity index (χ4n) is 4.21. The van der Waals surface area contributed by atoms with E-state index in [2.05, 4.69) is 25.9 Å². The minimum Gasteiger partial charge on any atom is -0.444 e. The minimum atomic E-state index is -0.769. The number of halogens is 4. The van der Waals surface area contributed by atoms with Crippen molar-refractivity contribution < 1.29 is 18.3 Å². The smallest absolute Gasteiger partial charge is 0.410 e. The van der Waals surface area contributed by atoms with E-state index in [0.717, 1.165) is 12.8 Å². The third-order valence-corrected chi connectivity index (χ3v) is 7.32. The normalized spacial score (nSPS) is 21.2. The quantitative estimate of drug-likeness (QED) is 0.215. The lowest BCUT2D eigenvalue weighted by Crippen LogP contribution is -2.57. The second-order valence-electron chi connectivity index (χ2n) is 8.69. The topological polar surface area (TPSA) is 58.6 Å². The van der Waals surface area contributed by atoms with Crippen LogP contribution in [-0.2, 0) is 4.74 Å². The largest absolute Gasteiger partial charge is 0.444 e. The molecular weight excluding hydrogens is 514 g/mol. The summed E-state index contributed by atoms with van der Waals surface area (Å²) in [6.45, 7) is 6.37. The van der Waals surface area contributed by atoms with Crippen LogP contribution in [0.3, 0.4) is 0 Å². The highest BCUT2D eigenvalue weighted by molar-refractivity contribution is 9.10. The number of carbonyl (C=O) groups is 1. The van der Waals surface area contributed by atoms with Crippen molar-refractivity contribution in [1.82, 2.24) is 14.9 Å². The number of carbonyl (C=O) groups excluding carboxylic acids is 1. The van der Waals surface area contributed by atoms with Gasteiger partial charge in [-0.3, -0.25) is 4.90 Å². The van der Waals surface area contributed by atoms with Gasteiger partial charge in [-0.2, -0.15) is 0 Å². The summed E-state index contributed by atoms with van der Waals surface area (Å²) in [6.07, 6.45) is 3.04. The maximum Gasteiger partial charge on any atom is 0.410 e. The van der Waals surface area contributed by atoms with E-state index in [1.165, 1.54) is 11.8 Å². The third-order valence-electron chi connectivity index (χ3n) is 5.44. The molecule has 1 aromatic carbocycles. The number of amides is 1. The van der Waals surface area contributed by atoms with Crippen molar-refractivity contribution in [3.05, 3.63) is 21.1 Å². The molecule has 0 radical (unpaired) electrons. The Morgan fingerprint density at radius 3 is 2.35 bits per heavy atom. The molecule has 4 rings (SSSR count). The number of rotatable bonds is 2. The summed E-state index contributed by atoms with van der Waals surface area (Å²) >= 11 is 10.3. The number of hydrogen-bond acceptors (Lipinski definition) is 6. The van der Waals surface area contributed by atoms with Crippen molar-refractivity contribution in [1.29, 1.82) is 0 Å². The highest BCUT2D eigenvalue weighted by Crippen LogP contribution is 2.41. The first-order valence-corrected chi connectivity index (χ1v) is 12.2. The van der Waals surface area contributed by atoms with Crippen molar-refractivity contribution in [3.63, 3.8) is 0 Å². The van der Waals surface area contributed by atoms with Gasteiger partial charge in [-0.25, -0.2) is 23.5 Å². The van der Waals surface area contributed by atoms with Gasteiger partial charge in [-0.15, -0.1) is 0 Å². The van der Waals surface area contributed by atoms with E-state index >= 15 is 4.39 Å². The number of benzene rings is 1. The number of aromatic nitrogens is 2. The van der Waals surface area contributed by atoms with Crippen LogP contribution in [0.25, 0.3) is 10.9 Å². The van der Waals surface area contributed by atoms with Gasteiger partial charge >= 0.3 is 6.09 Å². The Bertz CT molecular complexity index is 1050. The van der Waals surface area contributed by atoms with Gasteiger partial charge in [0.05, 0.1) is 27.0 Å². The predicted octanol–water partition coefficient (Wildman–Crippen LogP) is 5.63. The second-order valence-corrected chi connectivity index (χ2v) is 10.6. The number of ether oxygens (including phenoxy) is 1. The van der Waals surface area contributed by atoms with Crippen LogP contribution in [0.5, 0.6) is 0 Å². The zero-order chi connectivity index (χ0) is 22.7. The third kappa shape index (κ3) is 4.06. The molecule has 3 heterocycles. The Morgan fingerprint density at radius 1 is 1.19 bits per heavy atom. The molecule has 2 aliphatic rings. The monoisotopic (exact) mass is 534 g/mol. The van der Waals surface area contributed by atoms with E-state index in [9.17, 15) is 9.18 Å². The van der Waals surface area contributed by atoms with E-state index in [0.29, 0.717) is 24.1 Å². The number of nitrogens with zero attached hydrogens (tertiary/aromatic N) is 4. The van der Waals surface area contributed by atoms with E-state index in [4.69, 9.17) is 16.3 Å². The molecule has 0 unspecified atom stereocenters. The summed E-state index contributed by atoms with van der Waals surface area (Å²) in [5.74, 6) is -1.20. The molecule has 168 valence electrons. The fraction of sp³-hybridized carbons (Fsp3) is 0.550. The van der Waals surface area contributed by atoms with Gasteiger partial charge in [0.15, 0.2) is 16.8 Å². The van der Waals surface area contributed by atoms with Crippen LogP contribution >= 0.6 is 39.3 Å². The van der Waals surface area contributed by atoms with Gasteiger partial charge in [0.2, 0.25) is 0 Å². The van der Waals surface area contributed by atoms with Gasteiger partial charge in [-0.05, 0) is 55.8 Å². The van der Waals surface area contributed by atoms with Crippen LogP contribution in [0.2, 0.25) is 5.02 Å². The summed E-state index contributed by atoms with van der Waals surface area (Å²) in [7, 11) is 0. The lowest BCUT2D eigenvalue weighted by atomic mass is 10.1. The molecule has 0 N–H and O–H groups in total. The molecule has 31 heavy (non-hydrogen) atoms. The van der Waals surface area contributed by atoms with Gasteiger partial charge in [0.1, 0.15) is 16.9 Å². The summed E-state index contributed by atoms with van der Waals surface area (Å²) < 4.78 is 35.5. The van der Waals surface area contributed by atoms with Crippen molar-refractivity contribution in [2.24, 2.45) is 0 Å². The van der Waals surface area contributed by atoms with Crippen LogP contribution < -0.4 is 4.90 Å². The van der Waals surface area contributed by atoms with E-state index in [1.54, 1.807) is 11.2 Å². The lowest BCUT2D eigenvalue weighted by Gasteiger charge is -2.42. The van der Waals surface area contributed by atoms with Gasteiger partial charge in [-0.1, -0.05) is 23.4 Å². The maximum absolute atomic E-state index is 15.2. The van der Waals surface area contributed by atoms with Crippen LogP contribution in [0.4, 0.5) is 19.4 Å². The molecule has 2 saturated heterocycles. The molecule has 6 nitrogen and oxygen atoms in total. The highest BCUT2D eigenvalue weighted by Gasteiger charge is 2.45. The Hall–Kier alpha value is -1.39. The summed E-state index contributed by atoms with van der Waals surface area (Å²) in [6, 6.07) is -0.203. The Labute approximate surface area is 196 Å². The molecule has 1 amide bonds. The average molecular weight is 536 g/mol.